The molecule has 2 aromatic rings. The molecule has 0 radical (unpaired) electrons. The van der Waals surface area contributed by atoms with E-state index in [2.05, 4.69) is 5.32 Å². The van der Waals surface area contributed by atoms with E-state index in [9.17, 15) is 14.4 Å². The van der Waals surface area contributed by atoms with Crippen LogP contribution in [0.2, 0.25) is 0 Å². The number of furan rings is 1. The molecule has 0 aliphatic rings. The summed E-state index contributed by atoms with van der Waals surface area (Å²) in [5, 5.41) is 2.53. The molecule has 1 unspecified atom stereocenters. The van der Waals surface area contributed by atoms with Gasteiger partial charge >= 0.3 is 5.97 Å². The summed E-state index contributed by atoms with van der Waals surface area (Å²) in [4.78, 5) is 35.4. The highest BCUT2D eigenvalue weighted by molar-refractivity contribution is 6.00. The second-order valence-electron chi connectivity index (χ2n) is 4.85. The smallest absolute Gasteiger partial charge is 0.308 e. The zero-order chi connectivity index (χ0) is 16.7. The standard InChI is InChI=1S/C17H17NO5/c1-12(16(20)13-6-3-2-4-7-13)23-15(19)9-10-18-17(21)14-8-5-11-22-14/h2-8,11-12H,9-10H2,1H3,(H,18,21). The van der Waals surface area contributed by atoms with Crippen LogP contribution in [0.1, 0.15) is 34.3 Å². The van der Waals surface area contributed by atoms with Gasteiger partial charge in [-0.2, -0.15) is 0 Å². The number of hydrogen-bond donors (Lipinski definition) is 1. The lowest BCUT2D eigenvalue weighted by atomic mass is 10.1. The van der Waals surface area contributed by atoms with E-state index < -0.39 is 18.0 Å². The summed E-state index contributed by atoms with van der Waals surface area (Å²) in [6.45, 7) is 1.62. The maximum absolute atomic E-state index is 12.1. The van der Waals surface area contributed by atoms with Crippen LogP contribution in [0.15, 0.2) is 53.1 Å². The highest BCUT2D eigenvalue weighted by Gasteiger charge is 2.19. The average molecular weight is 315 g/mol. The van der Waals surface area contributed by atoms with Crippen LogP contribution in [0.5, 0.6) is 0 Å². The van der Waals surface area contributed by atoms with Gasteiger partial charge in [0.1, 0.15) is 0 Å². The van der Waals surface area contributed by atoms with Crippen LogP contribution in [0.25, 0.3) is 0 Å². The van der Waals surface area contributed by atoms with E-state index in [4.69, 9.17) is 9.15 Å². The molecule has 1 atom stereocenters. The number of amides is 1. The van der Waals surface area contributed by atoms with Crippen molar-refractivity contribution < 1.29 is 23.5 Å². The lowest BCUT2D eigenvalue weighted by Gasteiger charge is -2.12. The third kappa shape index (κ3) is 4.81. The average Bonchev–Trinajstić information content (AvgIpc) is 3.09. The minimum Gasteiger partial charge on any atom is -0.459 e. The lowest BCUT2D eigenvalue weighted by Crippen LogP contribution is -2.29. The Labute approximate surface area is 133 Å². The van der Waals surface area contributed by atoms with Crippen molar-refractivity contribution in [1.29, 1.82) is 0 Å². The van der Waals surface area contributed by atoms with Gasteiger partial charge in [0.2, 0.25) is 5.78 Å². The van der Waals surface area contributed by atoms with Crippen molar-refractivity contribution in [2.24, 2.45) is 0 Å². The number of esters is 1. The predicted octanol–water partition coefficient (Wildman–Crippen LogP) is 2.21. The molecule has 0 bridgehead atoms. The molecule has 0 saturated carbocycles. The number of benzene rings is 1. The minimum atomic E-state index is -0.870. The van der Waals surface area contributed by atoms with E-state index in [0.29, 0.717) is 5.56 Å². The fourth-order valence-corrected chi connectivity index (χ4v) is 1.92. The van der Waals surface area contributed by atoms with Crippen LogP contribution in [-0.2, 0) is 9.53 Å². The Morgan fingerprint density at radius 1 is 1.13 bits per heavy atom. The number of rotatable bonds is 7. The highest BCUT2D eigenvalue weighted by Crippen LogP contribution is 2.07. The van der Waals surface area contributed by atoms with Crippen molar-refractivity contribution in [1.82, 2.24) is 5.32 Å². The fourth-order valence-electron chi connectivity index (χ4n) is 1.92. The molecule has 1 aromatic heterocycles. The van der Waals surface area contributed by atoms with Gasteiger partial charge in [0.05, 0.1) is 12.7 Å². The Hall–Kier alpha value is -2.89. The number of Topliss-reactive ketones (excluding diaryl/α,β-unsaturated/α-hetero) is 1. The molecule has 0 aliphatic carbocycles. The van der Waals surface area contributed by atoms with Crippen molar-refractivity contribution in [2.45, 2.75) is 19.4 Å². The van der Waals surface area contributed by atoms with E-state index >= 15 is 0 Å². The monoisotopic (exact) mass is 315 g/mol. The molecule has 23 heavy (non-hydrogen) atoms. The van der Waals surface area contributed by atoms with Crippen LogP contribution in [0, 0.1) is 0 Å². The van der Waals surface area contributed by atoms with Gasteiger partial charge in [0, 0.05) is 12.1 Å². The number of carbonyl (C=O) groups excluding carboxylic acids is 3. The van der Waals surface area contributed by atoms with Crippen molar-refractivity contribution in [2.75, 3.05) is 6.54 Å². The van der Waals surface area contributed by atoms with Crippen molar-refractivity contribution in [3.8, 4) is 0 Å². The molecule has 0 aliphatic heterocycles. The first kappa shape index (κ1) is 16.5. The summed E-state index contributed by atoms with van der Waals surface area (Å²) in [6, 6.07) is 11.7. The summed E-state index contributed by atoms with van der Waals surface area (Å²) in [5.41, 5.74) is 0.485. The summed E-state index contributed by atoms with van der Waals surface area (Å²) < 4.78 is 10.0. The molecule has 2 rings (SSSR count). The van der Waals surface area contributed by atoms with E-state index in [1.165, 1.54) is 19.3 Å². The third-order valence-corrected chi connectivity index (χ3v) is 3.10. The molecule has 120 valence electrons. The van der Waals surface area contributed by atoms with Crippen LogP contribution >= 0.6 is 0 Å². The highest BCUT2D eigenvalue weighted by atomic mass is 16.5. The van der Waals surface area contributed by atoms with Gasteiger partial charge in [-0.05, 0) is 19.1 Å². The number of ether oxygens (including phenoxy) is 1. The van der Waals surface area contributed by atoms with Gasteiger partial charge in [-0.1, -0.05) is 30.3 Å². The molecule has 6 nitrogen and oxygen atoms in total. The van der Waals surface area contributed by atoms with Crippen LogP contribution in [0.3, 0.4) is 0 Å². The zero-order valence-corrected chi connectivity index (χ0v) is 12.7. The molecule has 6 heteroatoms. The van der Waals surface area contributed by atoms with E-state index in [1.54, 1.807) is 36.4 Å². The first-order chi connectivity index (χ1) is 11.1. The quantitative estimate of drug-likeness (QED) is 0.625. The Morgan fingerprint density at radius 3 is 2.52 bits per heavy atom. The van der Waals surface area contributed by atoms with Gasteiger partial charge < -0.3 is 14.5 Å². The second kappa shape index (κ2) is 7.93. The van der Waals surface area contributed by atoms with Gasteiger partial charge in [-0.25, -0.2) is 0 Å². The molecule has 1 amide bonds. The maximum atomic E-state index is 12.1. The molecule has 0 spiro atoms. The first-order valence-electron chi connectivity index (χ1n) is 7.18. The second-order valence-corrected chi connectivity index (χ2v) is 4.85. The maximum Gasteiger partial charge on any atom is 0.308 e. The predicted molar refractivity (Wildman–Crippen MR) is 82.0 cm³/mol. The summed E-state index contributed by atoms with van der Waals surface area (Å²) in [7, 11) is 0. The van der Waals surface area contributed by atoms with E-state index in [0.717, 1.165) is 0 Å². The molecule has 0 saturated heterocycles. The molecule has 0 fully saturated rings. The summed E-state index contributed by atoms with van der Waals surface area (Å²) in [5.74, 6) is -1.05. The number of carbonyl (C=O) groups is 3. The van der Waals surface area contributed by atoms with Gasteiger partial charge in [-0.15, -0.1) is 0 Å². The lowest BCUT2D eigenvalue weighted by molar-refractivity contribution is -0.146. The van der Waals surface area contributed by atoms with Crippen LogP contribution < -0.4 is 5.32 Å². The molecular weight excluding hydrogens is 298 g/mol. The first-order valence-corrected chi connectivity index (χ1v) is 7.18. The van der Waals surface area contributed by atoms with Crippen molar-refractivity contribution in [3.05, 3.63) is 60.1 Å². The Balaban J connectivity index is 1.74. The number of nitrogens with one attached hydrogen (secondary N) is 1. The summed E-state index contributed by atoms with van der Waals surface area (Å²) >= 11 is 0. The molecule has 1 N–H and O–H groups in total. The normalized spacial score (nSPS) is 11.5. The fraction of sp³-hybridized carbons (Fsp3) is 0.235. The SMILES string of the molecule is CC(OC(=O)CCNC(=O)c1ccco1)C(=O)c1ccccc1. The topological polar surface area (TPSA) is 85.6 Å². The van der Waals surface area contributed by atoms with Gasteiger partial charge in [0.25, 0.3) is 5.91 Å². The van der Waals surface area contributed by atoms with E-state index in [-0.39, 0.29) is 24.5 Å². The van der Waals surface area contributed by atoms with Gasteiger partial charge in [-0.3, -0.25) is 14.4 Å². The van der Waals surface area contributed by atoms with Gasteiger partial charge in [0.15, 0.2) is 11.9 Å². The molecule has 1 aromatic carbocycles. The van der Waals surface area contributed by atoms with Crippen molar-refractivity contribution >= 4 is 17.7 Å². The van der Waals surface area contributed by atoms with Crippen LogP contribution in [0.4, 0.5) is 0 Å². The zero-order valence-electron chi connectivity index (χ0n) is 12.7. The number of hydrogen-bond acceptors (Lipinski definition) is 5. The Kier molecular flexibility index (Phi) is 5.68. The molecular formula is C17H17NO5. The van der Waals surface area contributed by atoms with E-state index in [1.807, 2.05) is 0 Å². The van der Waals surface area contributed by atoms with Crippen molar-refractivity contribution in [3.63, 3.8) is 0 Å². The third-order valence-electron chi connectivity index (χ3n) is 3.10. The largest absolute Gasteiger partial charge is 0.459 e. The van der Waals surface area contributed by atoms with Crippen LogP contribution in [-0.4, -0.2) is 30.3 Å². The Morgan fingerprint density at radius 2 is 1.87 bits per heavy atom. The Bertz CT molecular complexity index is 664. The minimum absolute atomic E-state index is 0.0289. The molecule has 1 heterocycles. The number of ketones is 1. The summed E-state index contributed by atoms with van der Waals surface area (Å²) in [6.07, 6.45) is 0.490.